The second kappa shape index (κ2) is 7.92. The van der Waals surface area contributed by atoms with Gasteiger partial charge in [-0.05, 0) is 25.3 Å². The van der Waals surface area contributed by atoms with Crippen molar-refractivity contribution >= 4 is 29.7 Å². The Morgan fingerprint density at radius 1 is 1.17 bits per heavy atom. The number of anilines is 2. The Balaban J connectivity index is 1.76. The summed E-state index contributed by atoms with van der Waals surface area (Å²) >= 11 is 6.09. The second-order valence-corrected chi connectivity index (χ2v) is 5.79. The summed E-state index contributed by atoms with van der Waals surface area (Å²) in [7, 11) is 1.53. The lowest BCUT2D eigenvalue weighted by molar-refractivity contribution is 0.378. The molecular formula is C16H19ClN6O. The molecule has 0 bridgehead atoms. The number of piperidine rings is 1. The zero-order chi connectivity index (χ0) is 16.8. The van der Waals surface area contributed by atoms with Crippen molar-refractivity contribution in [2.24, 2.45) is 5.10 Å². The molecule has 1 aromatic heterocycles. The highest BCUT2D eigenvalue weighted by Crippen LogP contribution is 2.19. The number of methoxy groups -OCH3 is 1. The molecule has 0 unspecified atom stereocenters. The summed E-state index contributed by atoms with van der Waals surface area (Å²) in [5.41, 5.74) is 3.63. The summed E-state index contributed by atoms with van der Waals surface area (Å²) in [5, 5.41) is 4.78. The van der Waals surface area contributed by atoms with Crippen LogP contribution in [0.15, 0.2) is 29.4 Å². The summed E-state index contributed by atoms with van der Waals surface area (Å²) < 4.78 is 5.17. The van der Waals surface area contributed by atoms with Gasteiger partial charge < -0.3 is 9.64 Å². The van der Waals surface area contributed by atoms with Crippen molar-refractivity contribution in [1.29, 1.82) is 0 Å². The molecule has 1 aliphatic rings. The summed E-state index contributed by atoms with van der Waals surface area (Å²) in [4.78, 5) is 15.1. The number of ether oxygens (including phenoxy) is 1. The Hall–Kier alpha value is -2.41. The van der Waals surface area contributed by atoms with Crippen LogP contribution < -0.4 is 15.1 Å². The Morgan fingerprint density at radius 2 is 1.96 bits per heavy atom. The van der Waals surface area contributed by atoms with Crippen molar-refractivity contribution in [3.05, 3.63) is 34.9 Å². The molecule has 24 heavy (non-hydrogen) atoms. The minimum atomic E-state index is 0.265. The Bertz CT molecular complexity index is 717. The molecule has 2 heterocycles. The summed E-state index contributed by atoms with van der Waals surface area (Å²) in [6.07, 6.45) is 5.15. The van der Waals surface area contributed by atoms with Crippen molar-refractivity contribution in [3.63, 3.8) is 0 Å². The molecule has 1 fully saturated rings. The van der Waals surface area contributed by atoms with E-state index in [1.165, 1.54) is 13.5 Å². The number of nitrogens with zero attached hydrogens (tertiary/aromatic N) is 5. The molecule has 1 N–H and O–H groups in total. The van der Waals surface area contributed by atoms with E-state index in [2.05, 4.69) is 30.4 Å². The molecule has 1 aliphatic heterocycles. The van der Waals surface area contributed by atoms with Crippen LogP contribution in [0.2, 0.25) is 5.02 Å². The number of rotatable bonds is 5. The van der Waals surface area contributed by atoms with Crippen molar-refractivity contribution < 1.29 is 4.74 Å². The van der Waals surface area contributed by atoms with E-state index in [4.69, 9.17) is 16.3 Å². The minimum Gasteiger partial charge on any atom is -0.467 e. The maximum absolute atomic E-state index is 6.09. The lowest BCUT2D eigenvalue weighted by Gasteiger charge is -2.26. The van der Waals surface area contributed by atoms with Gasteiger partial charge in [0.1, 0.15) is 0 Å². The van der Waals surface area contributed by atoms with Gasteiger partial charge in [0.15, 0.2) is 0 Å². The highest BCUT2D eigenvalue weighted by atomic mass is 35.5. The van der Waals surface area contributed by atoms with E-state index in [-0.39, 0.29) is 6.01 Å². The zero-order valence-corrected chi connectivity index (χ0v) is 14.2. The van der Waals surface area contributed by atoms with Crippen LogP contribution in [0.4, 0.5) is 11.9 Å². The number of benzene rings is 1. The quantitative estimate of drug-likeness (QED) is 0.662. The van der Waals surface area contributed by atoms with E-state index in [0.717, 1.165) is 31.5 Å². The van der Waals surface area contributed by atoms with Gasteiger partial charge in [-0.3, -0.25) is 0 Å². The van der Waals surface area contributed by atoms with E-state index in [0.29, 0.717) is 16.9 Å². The summed E-state index contributed by atoms with van der Waals surface area (Å²) in [5.74, 6) is 0.947. The largest absolute Gasteiger partial charge is 0.467 e. The maximum atomic E-state index is 6.09. The van der Waals surface area contributed by atoms with Gasteiger partial charge in [-0.1, -0.05) is 29.8 Å². The van der Waals surface area contributed by atoms with Gasteiger partial charge in [0.05, 0.1) is 13.3 Å². The van der Waals surface area contributed by atoms with Gasteiger partial charge in [0, 0.05) is 23.7 Å². The SMILES string of the molecule is COc1nc(NN=Cc2ccccc2Cl)nc(N2CCCCC2)n1. The monoisotopic (exact) mass is 346 g/mol. The van der Waals surface area contributed by atoms with Gasteiger partial charge in [0.2, 0.25) is 5.95 Å². The number of halogens is 1. The number of hydrogen-bond acceptors (Lipinski definition) is 7. The van der Waals surface area contributed by atoms with Crippen molar-refractivity contribution in [2.75, 3.05) is 30.5 Å². The maximum Gasteiger partial charge on any atom is 0.322 e. The fourth-order valence-corrected chi connectivity index (χ4v) is 2.65. The molecule has 1 saturated heterocycles. The Morgan fingerprint density at radius 3 is 2.71 bits per heavy atom. The predicted octanol–water partition coefficient (Wildman–Crippen LogP) is 2.97. The van der Waals surface area contributed by atoms with E-state index >= 15 is 0 Å². The third-order valence-corrected chi connectivity index (χ3v) is 4.04. The number of hydrogen-bond donors (Lipinski definition) is 1. The highest BCUT2D eigenvalue weighted by Gasteiger charge is 2.16. The van der Waals surface area contributed by atoms with Crippen LogP contribution in [0, 0.1) is 0 Å². The average molecular weight is 347 g/mol. The van der Waals surface area contributed by atoms with E-state index in [9.17, 15) is 0 Å². The first-order valence-electron chi connectivity index (χ1n) is 7.85. The smallest absolute Gasteiger partial charge is 0.322 e. The van der Waals surface area contributed by atoms with E-state index < -0.39 is 0 Å². The normalized spacial score (nSPS) is 14.8. The first kappa shape index (κ1) is 16.4. The number of aromatic nitrogens is 3. The number of nitrogens with one attached hydrogen (secondary N) is 1. The fraction of sp³-hybridized carbons (Fsp3) is 0.375. The number of hydrazone groups is 1. The molecular weight excluding hydrogens is 328 g/mol. The topological polar surface area (TPSA) is 75.5 Å². The van der Waals surface area contributed by atoms with Crippen LogP contribution in [0.5, 0.6) is 6.01 Å². The minimum absolute atomic E-state index is 0.265. The van der Waals surface area contributed by atoms with Gasteiger partial charge in [-0.25, -0.2) is 5.43 Å². The Kier molecular flexibility index (Phi) is 5.43. The molecule has 0 atom stereocenters. The van der Waals surface area contributed by atoms with Gasteiger partial charge in [-0.2, -0.15) is 20.1 Å². The molecule has 8 heteroatoms. The summed E-state index contributed by atoms with van der Waals surface area (Å²) in [6.45, 7) is 1.88. The average Bonchev–Trinajstić information content (AvgIpc) is 2.64. The predicted molar refractivity (Wildman–Crippen MR) is 95.1 cm³/mol. The third-order valence-electron chi connectivity index (χ3n) is 3.70. The van der Waals surface area contributed by atoms with Gasteiger partial charge in [-0.15, -0.1) is 0 Å². The molecule has 0 saturated carbocycles. The lowest BCUT2D eigenvalue weighted by Crippen LogP contribution is -2.31. The van der Waals surface area contributed by atoms with Crippen LogP contribution in [0.1, 0.15) is 24.8 Å². The molecule has 0 radical (unpaired) electrons. The molecule has 0 amide bonds. The third kappa shape index (κ3) is 4.11. The Labute approximate surface area is 145 Å². The molecule has 7 nitrogen and oxygen atoms in total. The van der Waals surface area contributed by atoms with Gasteiger partial charge in [0.25, 0.3) is 5.95 Å². The van der Waals surface area contributed by atoms with E-state index in [1.807, 2.05) is 24.3 Å². The molecule has 1 aromatic carbocycles. The van der Waals surface area contributed by atoms with Crippen LogP contribution in [-0.4, -0.2) is 41.4 Å². The van der Waals surface area contributed by atoms with Crippen molar-refractivity contribution in [3.8, 4) is 6.01 Å². The molecule has 0 spiro atoms. The van der Waals surface area contributed by atoms with Crippen LogP contribution >= 0.6 is 11.6 Å². The molecule has 0 aliphatic carbocycles. The van der Waals surface area contributed by atoms with Gasteiger partial charge >= 0.3 is 6.01 Å². The molecule has 2 aromatic rings. The second-order valence-electron chi connectivity index (χ2n) is 5.38. The van der Waals surface area contributed by atoms with E-state index in [1.54, 1.807) is 6.21 Å². The van der Waals surface area contributed by atoms with Crippen LogP contribution in [0.25, 0.3) is 0 Å². The van der Waals surface area contributed by atoms with Crippen LogP contribution in [0.3, 0.4) is 0 Å². The first-order chi connectivity index (χ1) is 11.8. The zero-order valence-electron chi connectivity index (χ0n) is 13.4. The van der Waals surface area contributed by atoms with Crippen molar-refractivity contribution in [1.82, 2.24) is 15.0 Å². The van der Waals surface area contributed by atoms with Crippen molar-refractivity contribution in [2.45, 2.75) is 19.3 Å². The fourth-order valence-electron chi connectivity index (χ4n) is 2.46. The lowest BCUT2D eigenvalue weighted by atomic mass is 10.1. The van der Waals surface area contributed by atoms with Crippen LogP contribution in [-0.2, 0) is 0 Å². The standard InChI is InChI=1S/C16H19ClN6O/c1-24-16-20-14(19-15(21-16)23-9-5-2-6-10-23)22-18-11-12-7-3-4-8-13(12)17/h3-4,7-8,11H,2,5-6,9-10H2,1H3,(H,19,20,21,22). The first-order valence-corrected chi connectivity index (χ1v) is 8.22. The molecule has 3 rings (SSSR count). The molecule has 126 valence electrons. The summed E-state index contributed by atoms with van der Waals surface area (Å²) in [6, 6.07) is 7.72. The highest BCUT2D eigenvalue weighted by molar-refractivity contribution is 6.33.